The minimum Gasteiger partial charge on any atom is -0.324 e. The second-order valence-electron chi connectivity index (χ2n) is 4.73. The Morgan fingerprint density at radius 1 is 1.30 bits per heavy atom. The molecule has 3 rings (SSSR count). The second-order valence-corrected chi connectivity index (χ2v) is 6.28. The van der Waals surface area contributed by atoms with Crippen molar-refractivity contribution < 1.29 is 17.2 Å². The van der Waals surface area contributed by atoms with E-state index in [-0.39, 0.29) is 11.6 Å². The van der Waals surface area contributed by atoms with Gasteiger partial charge in [-0.1, -0.05) is 0 Å². The molecule has 2 aromatic rings. The molecule has 0 bridgehead atoms. The van der Waals surface area contributed by atoms with Gasteiger partial charge < -0.3 is 10.2 Å². The zero-order chi connectivity index (χ0) is 16.6. The van der Waals surface area contributed by atoms with Crippen molar-refractivity contribution >= 4 is 27.4 Å². The number of nitrogens with zero attached hydrogens (tertiary/aromatic N) is 3. The number of sulfonamides is 1. The van der Waals surface area contributed by atoms with Gasteiger partial charge in [-0.3, -0.25) is 4.98 Å². The molecule has 1 aromatic carbocycles. The maximum absolute atomic E-state index is 13.8. The zero-order valence-corrected chi connectivity index (χ0v) is 12.8. The first kappa shape index (κ1) is 15.3. The van der Waals surface area contributed by atoms with E-state index >= 15 is 0 Å². The summed E-state index contributed by atoms with van der Waals surface area (Å²) in [7, 11) is -4.28. The predicted octanol–water partition coefficient (Wildman–Crippen LogP) is 2.36. The van der Waals surface area contributed by atoms with Crippen molar-refractivity contribution in [3.63, 3.8) is 0 Å². The van der Waals surface area contributed by atoms with E-state index in [0.717, 1.165) is 6.07 Å². The minimum absolute atomic E-state index is 0.0435. The molecule has 1 N–H and O–H groups in total. The molecule has 0 aliphatic carbocycles. The van der Waals surface area contributed by atoms with E-state index in [1.165, 1.54) is 11.1 Å². The Morgan fingerprint density at radius 2 is 2.09 bits per heavy atom. The van der Waals surface area contributed by atoms with Gasteiger partial charge in [-0.2, -0.15) is 8.42 Å². The van der Waals surface area contributed by atoms with Crippen LogP contribution in [-0.2, 0) is 10.0 Å². The zero-order valence-electron chi connectivity index (χ0n) is 12.0. The van der Waals surface area contributed by atoms with E-state index in [9.17, 15) is 17.2 Å². The lowest BCUT2D eigenvalue weighted by Crippen LogP contribution is -2.39. The lowest BCUT2D eigenvalue weighted by atomic mass is 10.3. The third kappa shape index (κ3) is 2.74. The molecule has 120 valence electrons. The quantitative estimate of drug-likeness (QED) is 0.910. The van der Waals surface area contributed by atoms with E-state index in [1.807, 2.05) is 0 Å². The van der Waals surface area contributed by atoms with E-state index in [4.69, 9.17) is 0 Å². The molecule has 6 nitrogen and oxygen atoms in total. The molecule has 1 aliphatic heterocycles. The van der Waals surface area contributed by atoms with E-state index < -0.39 is 26.6 Å². The molecular formula is C14H12F2N4O2S. The van der Waals surface area contributed by atoms with Crippen LogP contribution in [0, 0.1) is 11.6 Å². The van der Waals surface area contributed by atoms with E-state index in [0.29, 0.717) is 18.3 Å². The van der Waals surface area contributed by atoms with Gasteiger partial charge in [-0.15, -0.1) is 4.40 Å². The fourth-order valence-electron chi connectivity index (χ4n) is 2.30. The molecule has 0 spiro atoms. The van der Waals surface area contributed by atoms with E-state index in [2.05, 4.69) is 14.7 Å². The van der Waals surface area contributed by atoms with Crippen LogP contribution in [0.2, 0.25) is 0 Å². The van der Waals surface area contributed by atoms with Gasteiger partial charge in [0.05, 0.1) is 17.6 Å². The number of hydrogen-bond acceptors (Lipinski definition) is 5. The summed E-state index contributed by atoms with van der Waals surface area (Å²) in [5.41, 5.74) is 0.409. The highest BCUT2D eigenvalue weighted by Crippen LogP contribution is 2.31. The standard InChI is InChI=1S/C14H12F2N4O2S/c1-2-20(10-4-3-5-17-8-10)14-18-12-7-9(15)6-11(16)13(12)23(21,22)19-14/h3-8H,2H2,1H3,(H,18,19). The summed E-state index contributed by atoms with van der Waals surface area (Å²) in [4.78, 5) is 4.84. The predicted molar refractivity (Wildman–Crippen MR) is 81.9 cm³/mol. The third-order valence-corrected chi connectivity index (χ3v) is 4.59. The number of halogens is 2. The monoisotopic (exact) mass is 338 g/mol. The van der Waals surface area contributed by atoms with Crippen molar-refractivity contribution in [1.82, 2.24) is 4.98 Å². The molecule has 1 aliphatic rings. The van der Waals surface area contributed by atoms with Crippen molar-refractivity contribution in [2.45, 2.75) is 11.8 Å². The van der Waals surface area contributed by atoms with Crippen molar-refractivity contribution in [1.29, 1.82) is 0 Å². The summed E-state index contributed by atoms with van der Waals surface area (Å²) in [6, 6.07) is 4.83. The van der Waals surface area contributed by atoms with Crippen LogP contribution in [0.1, 0.15) is 6.92 Å². The summed E-state index contributed by atoms with van der Waals surface area (Å²) < 4.78 is 55.3. The fourth-order valence-corrected chi connectivity index (χ4v) is 3.46. The SMILES string of the molecule is CCN(C1=NS(=O)(=O)c2c(F)cc(F)cc2N1)c1cccnc1. The molecule has 2 heterocycles. The third-order valence-electron chi connectivity index (χ3n) is 3.25. The Morgan fingerprint density at radius 3 is 2.74 bits per heavy atom. The van der Waals surface area contributed by atoms with Crippen LogP contribution in [0.5, 0.6) is 0 Å². The number of pyridine rings is 1. The molecule has 0 radical (unpaired) electrons. The highest BCUT2D eigenvalue weighted by molar-refractivity contribution is 7.90. The molecule has 0 atom stereocenters. The lowest BCUT2D eigenvalue weighted by molar-refractivity contribution is 0.551. The molecule has 0 unspecified atom stereocenters. The topological polar surface area (TPSA) is 74.7 Å². The first-order chi connectivity index (χ1) is 10.9. The maximum atomic E-state index is 13.8. The highest BCUT2D eigenvalue weighted by Gasteiger charge is 2.31. The molecule has 1 aromatic heterocycles. The molecule has 23 heavy (non-hydrogen) atoms. The Kier molecular flexibility index (Phi) is 3.72. The summed E-state index contributed by atoms with van der Waals surface area (Å²) in [5, 5.41) is 2.67. The molecule has 0 fully saturated rings. The number of nitrogens with one attached hydrogen (secondary N) is 1. The van der Waals surface area contributed by atoms with Gasteiger partial charge in [-0.25, -0.2) is 8.78 Å². The van der Waals surface area contributed by atoms with Gasteiger partial charge in [0.2, 0.25) is 5.96 Å². The van der Waals surface area contributed by atoms with Gasteiger partial charge >= 0.3 is 0 Å². The summed E-state index contributed by atoms with van der Waals surface area (Å²) in [6.45, 7) is 2.16. The van der Waals surface area contributed by atoms with Crippen LogP contribution in [0.4, 0.5) is 20.2 Å². The molecule has 0 saturated heterocycles. The second kappa shape index (κ2) is 5.58. The number of benzene rings is 1. The van der Waals surface area contributed by atoms with Crippen molar-refractivity contribution in [3.05, 3.63) is 48.3 Å². The molecular weight excluding hydrogens is 326 g/mol. The summed E-state index contributed by atoms with van der Waals surface area (Å²) in [5.74, 6) is -2.10. The van der Waals surface area contributed by atoms with Crippen LogP contribution < -0.4 is 10.2 Å². The van der Waals surface area contributed by atoms with Gasteiger partial charge in [0.15, 0.2) is 0 Å². The normalized spacial score (nSPS) is 15.3. The Bertz CT molecular complexity index is 885. The summed E-state index contributed by atoms with van der Waals surface area (Å²) in [6.07, 6.45) is 3.10. The fraction of sp³-hybridized carbons (Fsp3) is 0.143. The lowest BCUT2D eigenvalue weighted by Gasteiger charge is -2.28. The molecule has 0 amide bonds. The molecule has 0 saturated carbocycles. The number of guanidine groups is 1. The Hall–Kier alpha value is -2.55. The minimum atomic E-state index is -4.28. The van der Waals surface area contributed by atoms with Crippen LogP contribution >= 0.6 is 0 Å². The first-order valence-electron chi connectivity index (χ1n) is 6.71. The average Bonchev–Trinajstić information content (AvgIpc) is 2.47. The smallest absolute Gasteiger partial charge is 0.290 e. The largest absolute Gasteiger partial charge is 0.324 e. The summed E-state index contributed by atoms with van der Waals surface area (Å²) >= 11 is 0. The number of hydrogen-bond donors (Lipinski definition) is 1. The van der Waals surface area contributed by atoms with Gasteiger partial charge in [0.1, 0.15) is 16.5 Å². The Balaban J connectivity index is 2.12. The van der Waals surface area contributed by atoms with Crippen LogP contribution in [0.3, 0.4) is 0 Å². The van der Waals surface area contributed by atoms with Crippen molar-refractivity contribution in [2.24, 2.45) is 4.40 Å². The Labute approximate surface area is 131 Å². The number of aromatic nitrogens is 1. The number of rotatable bonds is 2. The maximum Gasteiger partial charge on any atom is 0.290 e. The van der Waals surface area contributed by atoms with Crippen molar-refractivity contribution in [2.75, 3.05) is 16.8 Å². The highest BCUT2D eigenvalue weighted by atomic mass is 32.2. The van der Waals surface area contributed by atoms with E-state index in [1.54, 1.807) is 25.3 Å². The average molecular weight is 338 g/mol. The van der Waals surface area contributed by atoms with Gasteiger partial charge in [-0.05, 0) is 25.1 Å². The van der Waals surface area contributed by atoms with Crippen molar-refractivity contribution in [3.8, 4) is 0 Å². The van der Waals surface area contributed by atoms with Gasteiger partial charge in [0, 0.05) is 18.8 Å². The van der Waals surface area contributed by atoms with Crippen LogP contribution in [0.25, 0.3) is 0 Å². The van der Waals surface area contributed by atoms with Gasteiger partial charge in [0.25, 0.3) is 10.0 Å². The number of anilines is 2. The van der Waals surface area contributed by atoms with Crippen LogP contribution in [0.15, 0.2) is 46.0 Å². The van der Waals surface area contributed by atoms with Crippen LogP contribution in [-0.4, -0.2) is 25.9 Å². The molecule has 9 heteroatoms. The first-order valence-corrected chi connectivity index (χ1v) is 8.15. The number of fused-ring (bicyclic) bond motifs is 1.